The number of benzene rings is 1. The number of rotatable bonds is 2. The molecule has 4 nitrogen and oxygen atoms in total. The van der Waals surface area contributed by atoms with Crippen molar-refractivity contribution < 1.29 is 4.42 Å². The predicted molar refractivity (Wildman–Crippen MR) is 81.8 cm³/mol. The van der Waals surface area contributed by atoms with Gasteiger partial charge in [0.2, 0.25) is 17.5 Å². The molecule has 0 unspecified atom stereocenters. The highest BCUT2D eigenvalue weighted by Crippen LogP contribution is 2.32. The highest BCUT2D eigenvalue weighted by Gasteiger charge is 2.27. The lowest BCUT2D eigenvalue weighted by Crippen LogP contribution is -2.38. The van der Waals surface area contributed by atoms with Crippen molar-refractivity contribution >= 4 is 5.88 Å². The zero-order valence-corrected chi connectivity index (χ0v) is 12.4. The van der Waals surface area contributed by atoms with Crippen molar-refractivity contribution in [3.63, 3.8) is 0 Å². The molecule has 2 aromatic rings. The summed E-state index contributed by atoms with van der Waals surface area (Å²) in [5.41, 5.74) is 1.29. The molecule has 0 aliphatic carbocycles. The maximum absolute atomic E-state index is 9.34. The third kappa shape index (κ3) is 2.78. The zero-order valence-electron chi connectivity index (χ0n) is 12.4. The Morgan fingerprint density at radius 1 is 1.19 bits per heavy atom. The highest BCUT2D eigenvalue weighted by atomic mass is 16.4. The third-order valence-electron chi connectivity index (χ3n) is 3.89. The molecule has 1 aromatic heterocycles. The molecule has 0 radical (unpaired) electrons. The molecule has 1 fully saturated rings. The van der Waals surface area contributed by atoms with E-state index in [2.05, 4.69) is 29.8 Å². The molecule has 2 atom stereocenters. The van der Waals surface area contributed by atoms with E-state index < -0.39 is 0 Å². The molecule has 0 bridgehead atoms. The van der Waals surface area contributed by atoms with Crippen molar-refractivity contribution in [3.05, 3.63) is 36.0 Å². The summed E-state index contributed by atoms with van der Waals surface area (Å²) in [7, 11) is 0. The lowest BCUT2D eigenvalue weighted by atomic mass is 9.92. The lowest BCUT2D eigenvalue weighted by molar-refractivity contribution is 0.344. The molecule has 108 valence electrons. The Morgan fingerprint density at radius 2 is 1.86 bits per heavy atom. The number of nitriles is 1. The van der Waals surface area contributed by atoms with Crippen LogP contribution in [0.5, 0.6) is 0 Å². The van der Waals surface area contributed by atoms with Gasteiger partial charge in [0.25, 0.3) is 0 Å². The van der Waals surface area contributed by atoms with E-state index in [1.165, 1.54) is 6.42 Å². The van der Waals surface area contributed by atoms with Crippen LogP contribution in [0.3, 0.4) is 0 Å². The monoisotopic (exact) mass is 281 g/mol. The Labute approximate surface area is 125 Å². The second kappa shape index (κ2) is 5.61. The van der Waals surface area contributed by atoms with Gasteiger partial charge in [-0.15, -0.1) is 0 Å². The van der Waals surface area contributed by atoms with Crippen molar-refractivity contribution in [1.82, 2.24) is 4.98 Å². The Kier molecular flexibility index (Phi) is 3.66. The van der Waals surface area contributed by atoms with Crippen LogP contribution in [0.1, 0.15) is 26.0 Å². The summed E-state index contributed by atoms with van der Waals surface area (Å²) in [5.74, 6) is 2.35. The fourth-order valence-corrected chi connectivity index (χ4v) is 3.13. The molecular weight excluding hydrogens is 262 g/mol. The fourth-order valence-electron chi connectivity index (χ4n) is 3.13. The topological polar surface area (TPSA) is 53.1 Å². The van der Waals surface area contributed by atoms with E-state index in [1.807, 2.05) is 30.3 Å². The molecule has 1 aliphatic rings. The van der Waals surface area contributed by atoms with E-state index in [9.17, 15) is 5.26 Å². The van der Waals surface area contributed by atoms with Gasteiger partial charge in [-0.1, -0.05) is 32.0 Å². The summed E-state index contributed by atoms with van der Waals surface area (Å²) in [4.78, 5) is 6.52. The normalized spacial score (nSPS) is 22.0. The molecule has 0 saturated carbocycles. The second-order valence-electron chi connectivity index (χ2n) is 6.00. The predicted octanol–water partition coefficient (Wildman–Crippen LogP) is 3.70. The molecule has 4 heteroatoms. The molecule has 3 rings (SSSR count). The lowest BCUT2D eigenvalue weighted by Gasteiger charge is -2.34. The van der Waals surface area contributed by atoms with Gasteiger partial charge in [0, 0.05) is 18.7 Å². The van der Waals surface area contributed by atoms with Crippen LogP contribution in [0.2, 0.25) is 0 Å². The first-order chi connectivity index (χ1) is 10.2. The van der Waals surface area contributed by atoms with Crippen LogP contribution < -0.4 is 4.90 Å². The molecule has 0 spiro atoms. The highest BCUT2D eigenvalue weighted by molar-refractivity contribution is 5.59. The number of oxazole rings is 1. The van der Waals surface area contributed by atoms with Crippen LogP contribution in [-0.4, -0.2) is 18.1 Å². The Bertz CT molecular complexity index is 646. The molecule has 0 amide bonds. The van der Waals surface area contributed by atoms with Gasteiger partial charge < -0.3 is 9.32 Å². The van der Waals surface area contributed by atoms with Crippen molar-refractivity contribution in [3.8, 4) is 17.5 Å². The molecule has 1 aliphatic heterocycles. The van der Waals surface area contributed by atoms with E-state index in [0.717, 1.165) is 18.7 Å². The number of nitrogens with zero attached hydrogens (tertiary/aromatic N) is 3. The smallest absolute Gasteiger partial charge is 0.235 e. The number of hydrogen-bond donors (Lipinski definition) is 0. The first kappa shape index (κ1) is 13.7. The van der Waals surface area contributed by atoms with E-state index in [-0.39, 0.29) is 0 Å². The summed E-state index contributed by atoms with van der Waals surface area (Å²) >= 11 is 0. The first-order valence-electron chi connectivity index (χ1n) is 7.38. The van der Waals surface area contributed by atoms with Crippen molar-refractivity contribution in [2.45, 2.75) is 20.3 Å². The van der Waals surface area contributed by atoms with Gasteiger partial charge in [-0.2, -0.15) is 10.2 Å². The van der Waals surface area contributed by atoms with E-state index in [0.29, 0.717) is 29.3 Å². The van der Waals surface area contributed by atoms with Crippen molar-refractivity contribution in [2.75, 3.05) is 18.0 Å². The minimum absolute atomic E-state index is 0.384. The van der Waals surface area contributed by atoms with Crippen LogP contribution in [-0.2, 0) is 0 Å². The SMILES string of the molecule is C[C@@H]1C[C@@H](C)CN(c2oc(-c3ccccc3)nc2C#N)C1. The maximum Gasteiger partial charge on any atom is 0.235 e. The van der Waals surface area contributed by atoms with Crippen LogP contribution in [0.15, 0.2) is 34.7 Å². The van der Waals surface area contributed by atoms with Gasteiger partial charge in [0.05, 0.1) is 0 Å². The Hall–Kier alpha value is -2.28. The summed E-state index contributed by atoms with van der Waals surface area (Å²) in [6.07, 6.45) is 1.22. The van der Waals surface area contributed by atoms with Crippen LogP contribution in [0, 0.1) is 23.2 Å². The Balaban J connectivity index is 1.96. The summed E-state index contributed by atoms with van der Waals surface area (Å²) in [6, 6.07) is 11.9. The van der Waals surface area contributed by atoms with Crippen LogP contribution >= 0.6 is 0 Å². The average Bonchev–Trinajstić information content (AvgIpc) is 2.91. The molecule has 21 heavy (non-hydrogen) atoms. The molecule has 1 aromatic carbocycles. The molecule has 1 saturated heterocycles. The molecule has 0 N–H and O–H groups in total. The molecule has 2 heterocycles. The van der Waals surface area contributed by atoms with E-state index >= 15 is 0 Å². The van der Waals surface area contributed by atoms with Gasteiger partial charge in [-0.25, -0.2) is 0 Å². The quantitative estimate of drug-likeness (QED) is 0.842. The standard InChI is InChI=1S/C17H19N3O/c1-12-8-13(2)11-20(10-12)17-15(9-18)19-16(21-17)14-6-4-3-5-7-14/h3-7,12-13H,8,10-11H2,1-2H3/t12-,13-/m1/s1. The van der Waals surface area contributed by atoms with Crippen molar-refractivity contribution in [2.24, 2.45) is 11.8 Å². The van der Waals surface area contributed by atoms with Gasteiger partial charge in [0.1, 0.15) is 6.07 Å². The minimum Gasteiger partial charge on any atom is -0.419 e. The first-order valence-corrected chi connectivity index (χ1v) is 7.38. The van der Waals surface area contributed by atoms with E-state index in [1.54, 1.807) is 0 Å². The zero-order chi connectivity index (χ0) is 14.8. The van der Waals surface area contributed by atoms with Gasteiger partial charge >= 0.3 is 0 Å². The van der Waals surface area contributed by atoms with Crippen LogP contribution in [0.4, 0.5) is 5.88 Å². The van der Waals surface area contributed by atoms with E-state index in [4.69, 9.17) is 4.42 Å². The Morgan fingerprint density at radius 3 is 2.48 bits per heavy atom. The number of piperidine rings is 1. The fraction of sp³-hybridized carbons (Fsp3) is 0.412. The van der Waals surface area contributed by atoms with Gasteiger partial charge in [-0.05, 0) is 30.4 Å². The summed E-state index contributed by atoms with van der Waals surface area (Å²) in [6.45, 7) is 6.32. The minimum atomic E-state index is 0.384. The van der Waals surface area contributed by atoms with Crippen molar-refractivity contribution in [1.29, 1.82) is 5.26 Å². The van der Waals surface area contributed by atoms with Gasteiger partial charge in [-0.3, -0.25) is 0 Å². The summed E-state index contributed by atoms with van der Waals surface area (Å²) < 4.78 is 5.92. The number of anilines is 1. The van der Waals surface area contributed by atoms with Gasteiger partial charge in [0.15, 0.2) is 0 Å². The average molecular weight is 281 g/mol. The largest absolute Gasteiger partial charge is 0.419 e. The summed E-state index contributed by atoms with van der Waals surface area (Å²) in [5, 5.41) is 9.34. The number of aromatic nitrogens is 1. The third-order valence-corrected chi connectivity index (χ3v) is 3.89. The maximum atomic E-state index is 9.34. The number of hydrogen-bond acceptors (Lipinski definition) is 4. The second-order valence-corrected chi connectivity index (χ2v) is 6.00. The molecular formula is C17H19N3O. The van der Waals surface area contributed by atoms with Crippen LogP contribution in [0.25, 0.3) is 11.5 Å².